The fourth-order valence-corrected chi connectivity index (χ4v) is 2.87. The first-order valence-electron chi connectivity index (χ1n) is 7.15. The van der Waals surface area contributed by atoms with E-state index < -0.39 is 0 Å². The first kappa shape index (κ1) is 13.3. The number of aromatic nitrogens is 1. The van der Waals surface area contributed by atoms with Crippen LogP contribution in [0, 0.1) is 0 Å². The molecule has 1 saturated heterocycles. The van der Waals surface area contributed by atoms with Gasteiger partial charge in [0.25, 0.3) is 0 Å². The largest absolute Gasteiger partial charge is 0.376 e. The van der Waals surface area contributed by atoms with Crippen molar-refractivity contribution in [2.24, 2.45) is 0 Å². The van der Waals surface area contributed by atoms with Gasteiger partial charge in [0.1, 0.15) is 0 Å². The first-order chi connectivity index (χ1) is 9.84. The molecule has 0 spiro atoms. The highest BCUT2D eigenvalue weighted by Crippen LogP contribution is 2.29. The Kier molecular flexibility index (Phi) is 4.09. The molecule has 0 radical (unpaired) electrons. The average molecular weight is 268 g/mol. The quantitative estimate of drug-likeness (QED) is 0.856. The number of benzene rings is 1. The summed E-state index contributed by atoms with van der Waals surface area (Å²) >= 11 is 0. The number of rotatable bonds is 3. The fraction of sp³-hybridized carbons (Fsp3) is 0.353. The van der Waals surface area contributed by atoms with Gasteiger partial charge in [-0.3, -0.25) is 9.88 Å². The van der Waals surface area contributed by atoms with Gasteiger partial charge in [0.2, 0.25) is 0 Å². The zero-order valence-electron chi connectivity index (χ0n) is 11.8. The number of nitrogens with zero attached hydrogens (tertiary/aromatic N) is 2. The van der Waals surface area contributed by atoms with Gasteiger partial charge in [-0.25, -0.2) is 0 Å². The van der Waals surface area contributed by atoms with E-state index in [-0.39, 0.29) is 12.1 Å². The van der Waals surface area contributed by atoms with Crippen molar-refractivity contribution < 1.29 is 4.74 Å². The Balaban J connectivity index is 1.95. The fourth-order valence-electron chi connectivity index (χ4n) is 2.87. The lowest BCUT2D eigenvalue weighted by Crippen LogP contribution is -2.43. The van der Waals surface area contributed by atoms with E-state index in [1.165, 1.54) is 11.1 Å². The van der Waals surface area contributed by atoms with E-state index in [1.807, 2.05) is 18.5 Å². The lowest BCUT2D eigenvalue weighted by atomic mass is 9.97. The van der Waals surface area contributed by atoms with Gasteiger partial charge < -0.3 is 4.74 Å². The Labute approximate surface area is 120 Å². The molecular formula is C17H20N2O. The molecule has 1 aromatic heterocycles. The van der Waals surface area contributed by atoms with Gasteiger partial charge in [-0.05, 0) is 24.1 Å². The molecule has 2 aromatic rings. The van der Waals surface area contributed by atoms with E-state index >= 15 is 0 Å². The van der Waals surface area contributed by atoms with Crippen molar-refractivity contribution in [3.63, 3.8) is 0 Å². The van der Waals surface area contributed by atoms with Crippen LogP contribution in [0.1, 0.15) is 24.1 Å². The van der Waals surface area contributed by atoms with E-state index in [4.69, 9.17) is 4.74 Å². The van der Waals surface area contributed by atoms with Gasteiger partial charge >= 0.3 is 0 Å². The second-order valence-corrected chi connectivity index (χ2v) is 5.28. The minimum Gasteiger partial charge on any atom is -0.376 e. The van der Waals surface area contributed by atoms with Crippen molar-refractivity contribution >= 4 is 0 Å². The van der Waals surface area contributed by atoms with Crippen LogP contribution in [0.4, 0.5) is 0 Å². The van der Waals surface area contributed by atoms with E-state index in [9.17, 15) is 0 Å². The summed E-state index contributed by atoms with van der Waals surface area (Å²) < 4.78 is 5.67. The van der Waals surface area contributed by atoms with Gasteiger partial charge in [0.05, 0.1) is 18.8 Å². The first-order valence-corrected chi connectivity index (χ1v) is 7.15. The second kappa shape index (κ2) is 6.16. The average Bonchev–Trinajstić information content (AvgIpc) is 2.50. The summed E-state index contributed by atoms with van der Waals surface area (Å²) in [5, 5.41) is 0. The third-order valence-corrected chi connectivity index (χ3v) is 3.75. The minimum atomic E-state index is 0.260. The molecule has 1 aromatic carbocycles. The van der Waals surface area contributed by atoms with Crippen LogP contribution in [0.25, 0.3) is 0 Å². The summed E-state index contributed by atoms with van der Waals surface area (Å²) in [6, 6.07) is 15.1. The lowest BCUT2D eigenvalue weighted by molar-refractivity contribution is -0.0289. The number of hydrogen-bond acceptors (Lipinski definition) is 3. The third-order valence-electron chi connectivity index (χ3n) is 3.75. The molecule has 1 aliphatic heterocycles. The second-order valence-electron chi connectivity index (χ2n) is 5.28. The summed E-state index contributed by atoms with van der Waals surface area (Å²) in [6.07, 6.45) is 4.08. The summed E-state index contributed by atoms with van der Waals surface area (Å²) in [4.78, 5) is 6.77. The Morgan fingerprint density at radius 2 is 1.95 bits per heavy atom. The highest BCUT2D eigenvalue weighted by molar-refractivity contribution is 5.30. The monoisotopic (exact) mass is 268 g/mol. The van der Waals surface area contributed by atoms with Gasteiger partial charge in [-0.2, -0.15) is 0 Å². The number of ether oxygens (including phenoxy) is 1. The summed E-state index contributed by atoms with van der Waals surface area (Å²) in [5.74, 6) is 0. The predicted octanol–water partition coefficient (Wildman–Crippen LogP) is 2.89. The van der Waals surface area contributed by atoms with E-state index in [0.29, 0.717) is 0 Å². The summed E-state index contributed by atoms with van der Waals surface area (Å²) in [6.45, 7) is 4.84. The summed E-state index contributed by atoms with van der Waals surface area (Å²) in [5.41, 5.74) is 2.56. The van der Waals surface area contributed by atoms with Crippen molar-refractivity contribution in [2.75, 3.05) is 19.7 Å². The SMILES string of the molecule is CC1CN(C(c2ccccc2)c2cccnc2)CCO1. The molecule has 3 rings (SSSR count). The molecule has 20 heavy (non-hydrogen) atoms. The zero-order chi connectivity index (χ0) is 13.8. The molecule has 2 heterocycles. The molecule has 3 heteroatoms. The Morgan fingerprint density at radius 1 is 1.15 bits per heavy atom. The van der Waals surface area contributed by atoms with Crippen molar-refractivity contribution in [3.05, 3.63) is 66.0 Å². The van der Waals surface area contributed by atoms with Gasteiger partial charge in [-0.15, -0.1) is 0 Å². The molecule has 0 N–H and O–H groups in total. The van der Waals surface area contributed by atoms with Crippen molar-refractivity contribution in [3.8, 4) is 0 Å². The van der Waals surface area contributed by atoms with Crippen molar-refractivity contribution in [1.29, 1.82) is 0 Å². The van der Waals surface area contributed by atoms with Crippen LogP contribution in [0.3, 0.4) is 0 Å². The van der Waals surface area contributed by atoms with Crippen molar-refractivity contribution in [1.82, 2.24) is 9.88 Å². The smallest absolute Gasteiger partial charge is 0.0674 e. The molecular weight excluding hydrogens is 248 g/mol. The maximum atomic E-state index is 5.67. The number of hydrogen-bond donors (Lipinski definition) is 0. The zero-order valence-corrected chi connectivity index (χ0v) is 11.8. The van der Waals surface area contributed by atoms with E-state index in [0.717, 1.165) is 19.7 Å². The minimum absolute atomic E-state index is 0.260. The Hall–Kier alpha value is -1.71. The molecule has 2 unspecified atom stereocenters. The highest BCUT2D eigenvalue weighted by atomic mass is 16.5. The molecule has 1 aliphatic rings. The Bertz CT molecular complexity index is 490. The summed E-state index contributed by atoms with van der Waals surface area (Å²) in [7, 11) is 0. The van der Waals surface area contributed by atoms with E-state index in [2.05, 4.69) is 53.2 Å². The van der Waals surface area contributed by atoms with Crippen LogP contribution >= 0.6 is 0 Å². The van der Waals surface area contributed by atoms with Crippen LogP contribution in [-0.4, -0.2) is 35.7 Å². The van der Waals surface area contributed by atoms with Crippen LogP contribution in [0.15, 0.2) is 54.9 Å². The molecule has 0 saturated carbocycles. The van der Waals surface area contributed by atoms with Gasteiger partial charge in [-0.1, -0.05) is 36.4 Å². The Morgan fingerprint density at radius 3 is 2.65 bits per heavy atom. The maximum absolute atomic E-state index is 5.67. The number of pyridine rings is 1. The molecule has 0 bridgehead atoms. The van der Waals surface area contributed by atoms with Crippen LogP contribution < -0.4 is 0 Å². The van der Waals surface area contributed by atoms with Crippen molar-refractivity contribution in [2.45, 2.75) is 19.1 Å². The van der Waals surface area contributed by atoms with Crippen LogP contribution in [0.2, 0.25) is 0 Å². The lowest BCUT2D eigenvalue weighted by Gasteiger charge is -2.37. The predicted molar refractivity (Wildman–Crippen MR) is 79.5 cm³/mol. The normalized spacial score (nSPS) is 21.6. The van der Waals surface area contributed by atoms with E-state index in [1.54, 1.807) is 0 Å². The molecule has 3 nitrogen and oxygen atoms in total. The standard InChI is InChI=1S/C17H20N2O/c1-14-13-19(10-11-20-14)17(15-6-3-2-4-7-15)16-8-5-9-18-12-16/h2-9,12,14,17H,10-11,13H2,1H3. The van der Waals surface area contributed by atoms with Crippen LogP contribution in [0.5, 0.6) is 0 Å². The molecule has 104 valence electrons. The maximum Gasteiger partial charge on any atom is 0.0674 e. The highest BCUT2D eigenvalue weighted by Gasteiger charge is 2.26. The van der Waals surface area contributed by atoms with Crippen LogP contribution in [-0.2, 0) is 4.74 Å². The molecule has 2 atom stereocenters. The molecule has 1 fully saturated rings. The molecule has 0 amide bonds. The third kappa shape index (κ3) is 2.89. The molecule has 0 aliphatic carbocycles. The number of morpholine rings is 1. The van der Waals surface area contributed by atoms with Gasteiger partial charge in [0.15, 0.2) is 0 Å². The topological polar surface area (TPSA) is 25.4 Å². The van der Waals surface area contributed by atoms with Gasteiger partial charge in [0, 0.05) is 25.5 Å².